The van der Waals surface area contributed by atoms with Crippen molar-refractivity contribution in [1.29, 1.82) is 0 Å². The maximum Gasteiger partial charge on any atom is 0.367 e. The topological polar surface area (TPSA) is 189 Å². The summed E-state index contributed by atoms with van der Waals surface area (Å²) in [6, 6.07) is 41.1. The number of benzene rings is 5. The molecule has 7 aromatic rings. The number of hydrogen-bond acceptors (Lipinski definition) is 20. The van der Waals surface area contributed by atoms with Gasteiger partial charge in [-0.15, -0.1) is 22.7 Å². The second kappa shape index (κ2) is 22.7. The van der Waals surface area contributed by atoms with Crippen LogP contribution in [0.4, 0.5) is 10.0 Å². The van der Waals surface area contributed by atoms with Crippen molar-refractivity contribution in [2.75, 3.05) is 13.1 Å². The minimum Gasteiger partial charge on any atom is -0.458 e. The number of thiocarbonyl (C=S) groups is 2. The molecule has 0 bridgehead atoms. The van der Waals surface area contributed by atoms with Gasteiger partial charge in [-0.25, -0.2) is 29.2 Å². The fourth-order valence-electron chi connectivity index (χ4n) is 9.08. The van der Waals surface area contributed by atoms with E-state index >= 15 is 19.2 Å². The van der Waals surface area contributed by atoms with Crippen LogP contribution in [0.15, 0.2) is 156 Å². The molecule has 2 saturated heterocycles. The van der Waals surface area contributed by atoms with Gasteiger partial charge in [0, 0.05) is 47.5 Å². The Morgan fingerprint density at radius 1 is 0.487 bits per heavy atom. The molecule has 22 heteroatoms. The number of carbonyl (C=O) groups excluding carboxylic acids is 6. The van der Waals surface area contributed by atoms with Crippen molar-refractivity contribution >= 4 is 135 Å². The summed E-state index contributed by atoms with van der Waals surface area (Å²) in [5, 5.41) is 0.549. The van der Waals surface area contributed by atoms with Crippen LogP contribution in [-0.2, 0) is 85.3 Å². The van der Waals surface area contributed by atoms with E-state index in [0.29, 0.717) is 44.0 Å². The zero-order valence-corrected chi connectivity index (χ0v) is 47.1. The van der Waals surface area contributed by atoms with Gasteiger partial charge in [0.05, 0.1) is 9.75 Å². The Balaban J connectivity index is 1.16. The standard InChI is InChI=1S/C58H42N4O12S6/c1-3-61-49(63)47(79-55(61)75)59-43-27-41-45(77-43)37-25-40-38(26-39(37)57(73-41,51(65)69-29-33-17-9-5-10-18-33)52(66)70-30-34-19-11-6-12-20-34)46-42(28-44(78-46)60-48-50(64)62(4-2)56(76)80-48)74-58(40,53(67)71-31-35-21-13-7-14-22-35)54(68)72-32-36-23-15-8-16-24-36/h5-28H,3-4,29-32H2,1-2H3/b59-47+,60-48+. The number of thiophene rings is 2. The molecule has 0 radical (unpaired) electrons. The lowest BCUT2D eigenvalue weighted by atomic mass is 9.78. The molecule has 80 heavy (non-hydrogen) atoms. The fourth-order valence-corrected chi connectivity index (χ4v) is 13.7. The molecule has 2 aromatic heterocycles. The fraction of sp³-hybridized carbons (Fsp3) is 0.172. The third-order valence-corrected chi connectivity index (χ3v) is 17.8. The number of amides is 2. The number of ether oxygens (including phenoxy) is 6. The van der Waals surface area contributed by atoms with E-state index in [9.17, 15) is 9.59 Å². The summed E-state index contributed by atoms with van der Waals surface area (Å²) in [4.78, 5) is 102. The number of fused-ring (bicyclic) bond motifs is 6. The van der Waals surface area contributed by atoms with Gasteiger partial charge in [-0.1, -0.05) is 146 Å². The molecule has 402 valence electrons. The Morgan fingerprint density at radius 3 is 1.06 bits per heavy atom. The first kappa shape index (κ1) is 54.1. The van der Waals surface area contributed by atoms with Crippen LogP contribution in [0.5, 0.6) is 11.5 Å². The summed E-state index contributed by atoms with van der Waals surface area (Å²) in [7, 11) is 0. The van der Waals surface area contributed by atoms with Crippen LogP contribution in [-0.4, -0.2) is 77.3 Å². The Kier molecular flexibility index (Phi) is 15.4. The average Bonchev–Trinajstić information content (AvgIpc) is 4.25. The van der Waals surface area contributed by atoms with Gasteiger partial charge in [-0.3, -0.25) is 19.4 Å². The van der Waals surface area contributed by atoms with Crippen molar-refractivity contribution in [3.8, 4) is 32.4 Å². The highest BCUT2D eigenvalue weighted by Crippen LogP contribution is 2.59. The molecule has 0 atom stereocenters. The van der Waals surface area contributed by atoms with Gasteiger partial charge < -0.3 is 28.4 Å². The third kappa shape index (κ3) is 10.1. The van der Waals surface area contributed by atoms with Gasteiger partial charge in [0.1, 0.15) is 56.6 Å². The monoisotopic (exact) mass is 1180 g/mol. The first-order chi connectivity index (χ1) is 38.8. The molecule has 4 aliphatic heterocycles. The lowest BCUT2D eigenvalue weighted by Crippen LogP contribution is -2.54. The third-order valence-electron chi connectivity index (χ3n) is 13.0. The molecule has 2 amide bonds. The van der Waals surface area contributed by atoms with E-state index in [-0.39, 0.29) is 90.0 Å². The molecule has 0 saturated carbocycles. The number of esters is 4. The van der Waals surface area contributed by atoms with Gasteiger partial charge in [0.25, 0.3) is 11.8 Å². The average molecular weight is 1180 g/mol. The molecular weight excluding hydrogens is 1140 g/mol. The Morgan fingerprint density at radius 2 is 0.787 bits per heavy atom. The smallest absolute Gasteiger partial charge is 0.367 e. The lowest BCUT2D eigenvalue weighted by molar-refractivity contribution is -0.185. The Hall–Kier alpha value is -7.86. The highest BCUT2D eigenvalue weighted by atomic mass is 32.2. The van der Waals surface area contributed by atoms with E-state index < -0.39 is 46.9 Å². The number of hydrogen-bond donors (Lipinski definition) is 0. The second-order valence-electron chi connectivity index (χ2n) is 18.0. The van der Waals surface area contributed by atoms with Crippen molar-refractivity contribution in [3.63, 3.8) is 0 Å². The van der Waals surface area contributed by atoms with Gasteiger partial charge in [-0.2, -0.15) is 0 Å². The highest BCUT2D eigenvalue weighted by molar-refractivity contribution is 8.35. The van der Waals surface area contributed by atoms with Crippen LogP contribution < -0.4 is 9.47 Å². The molecule has 0 unspecified atom stereocenters. The summed E-state index contributed by atoms with van der Waals surface area (Å²) in [6.45, 7) is 2.98. The zero-order valence-electron chi connectivity index (χ0n) is 42.2. The van der Waals surface area contributed by atoms with Crippen LogP contribution >= 0.6 is 70.6 Å². The summed E-state index contributed by atoms with van der Waals surface area (Å²) < 4.78 is 38.5. The van der Waals surface area contributed by atoms with Crippen LogP contribution in [0.1, 0.15) is 47.2 Å². The van der Waals surface area contributed by atoms with Gasteiger partial charge in [0.15, 0.2) is 10.1 Å². The summed E-state index contributed by atoms with van der Waals surface area (Å²) >= 11 is 15.1. The van der Waals surface area contributed by atoms with Crippen molar-refractivity contribution < 1.29 is 57.2 Å². The van der Waals surface area contributed by atoms with Crippen molar-refractivity contribution in [2.45, 2.75) is 51.5 Å². The number of rotatable bonds is 16. The minimum absolute atomic E-state index is 0.0613. The molecule has 0 spiro atoms. The molecule has 6 heterocycles. The number of thioether (sulfide) groups is 2. The molecule has 4 aliphatic rings. The summed E-state index contributed by atoms with van der Waals surface area (Å²) in [5.41, 5.74) is -3.25. The minimum atomic E-state index is -2.78. The first-order valence-corrected chi connectivity index (χ1v) is 28.8. The van der Waals surface area contributed by atoms with Crippen LogP contribution in [0.25, 0.3) is 20.9 Å². The summed E-state index contributed by atoms with van der Waals surface area (Å²) in [5.74, 6) is -5.67. The number of carbonyl (C=O) groups is 6. The summed E-state index contributed by atoms with van der Waals surface area (Å²) in [6.07, 6.45) is 0. The molecule has 2 fully saturated rings. The van der Waals surface area contributed by atoms with E-state index in [1.807, 2.05) is 0 Å². The maximum absolute atomic E-state index is 15.5. The second-order valence-corrected chi connectivity index (χ2v) is 23.3. The molecule has 11 rings (SSSR count). The highest BCUT2D eigenvalue weighted by Gasteiger charge is 2.62. The van der Waals surface area contributed by atoms with E-state index in [4.69, 9.17) is 62.8 Å². The zero-order chi connectivity index (χ0) is 55.7. The van der Waals surface area contributed by atoms with E-state index in [0.717, 1.165) is 46.2 Å². The first-order valence-electron chi connectivity index (χ1n) is 24.8. The number of aliphatic imine (C=N–C) groups is 2. The predicted octanol–water partition coefficient (Wildman–Crippen LogP) is 11.1. The molecular formula is C58H42N4O12S6. The maximum atomic E-state index is 15.5. The van der Waals surface area contributed by atoms with Crippen molar-refractivity contribution in [1.82, 2.24) is 9.80 Å². The van der Waals surface area contributed by atoms with Crippen LogP contribution in [0, 0.1) is 0 Å². The van der Waals surface area contributed by atoms with E-state index in [1.54, 1.807) is 135 Å². The van der Waals surface area contributed by atoms with Gasteiger partial charge >= 0.3 is 35.1 Å². The molecule has 16 nitrogen and oxygen atoms in total. The van der Waals surface area contributed by atoms with E-state index in [2.05, 4.69) is 0 Å². The Bertz CT molecular complexity index is 3380. The molecule has 5 aromatic carbocycles. The molecule has 0 aliphatic carbocycles. The van der Waals surface area contributed by atoms with Crippen molar-refractivity contribution in [3.05, 3.63) is 179 Å². The van der Waals surface area contributed by atoms with Gasteiger partial charge in [0.2, 0.25) is 0 Å². The SMILES string of the molecule is CCN1C(=O)/C(=N\c2cc3c(s2)-c2cc4c(cc2C(C(=O)OCc2ccccc2)(C(=O)OCc2ccccc2)O3)-c2sc(/N=C3/SC(=S)N(CC)C3=O)cc2OC4(C(=O)OCc2ccccc2)C(=O)OCc2ccccc2)SC1=S. The van der Waals surface area contributed by atoms with Gasteiger partial charge in [-0.05, 0) is 71.8 Å². The Labute approximate surface area is 484 Å². The van der Waals surface area contributed by atoms with Crippen LogP contribution in [0.3, 0.4) is 0 Å². The number of nitrogens with zero attached hydrogens (tertiary/aromatic N) is 4. The van der Waals surface area contributed by atoms with E-state index in [1.165, 1.54) is 34.1 Å². The lowest BCUT2D eigenvalue weighted by Gasteiger charge is -2.39. The molecule has 0 N–H and O–H groups in total. The quantitative estimate of drug-likeness (QED) is 0.0384. The van der Waals surface area contributed by atoms with Crippen LogP contribution in [0.2, 0.25) is 0 Å². The predicted molar refractivity (Wildman–Crippen MR) is 312 cm³/mol. The largest absolute Gasteiger partial charge is 0.458 e. The van der Waals surface area contributed by atoms with Crippen molar-refractivity contribution in [2.24, 2.45) is 9.98 Å². The normalized spacial score (nSPS) is 16.5.